The number of rotatable bonds is 7. The summed E-state index contributed by atoms with van der Waals surface area (Å²) in [5.74, 6) is 1.13. The van der Waals surface area contributed by atoms with Gasteiger partial charge in [0.05, 0.1) is 18.0 Å². The van der Waals surface area contributed by atoms with Crippen molar-refractivity contribution in [3.63, 3.8) is 0 Å². The van der Waals surface area contributed by atoms with Gasteiger partial charge in [-0.25, -0.2) is 4.98 Å². The third kappa shape index (κ3) is 4.44. The number of benzene rings is 1. The quantitative estimate of drug-likeness (QED) is 0.567. The van der Waals surface area contributed by atoms with Gasteiger partial charge in [-0.05, 0) is 52.7 Å². The first-order valence-corrected chi connectivity index (χ1v) is 10.3. The van der Waals surface area contributed by atoms with Crippen LogP contribution in [0.4, 0.5) is 0 Å². The summed E-state index contributed by atoms with van der Waals surface area (Å²) in [4.78, 5) is 18.0. The topological polar surface area (TPSA) is 60.5 Å². The van der Waals surface area contributed by atoms with Crippen molar-refractivity contribution in [1.29, 1.82) is 0 Å². The first-order chi connectivity index (χ1) is 12.6. The summed E-state index contributed by atoms with van der Waals surface area (Å²) in [5.41, 5.74) is 1.31. The lowest BCUT2D eigenvalue weighted by Crippen LogP contribution is -2.25. The second-order valence-corrected chi connectivity index (χ2v) is 8.73. The Morgan fingerprint density at radius 1 is 1.19 bits per heavy atom. The number of thiophene rings is 1. The Hall–Kier alpha value is -1.90. The first kappa shape index (κ1) is 18.9. The molecule has 0 aliphatic rings. The summed E-state index contributed by atoms with van der Waals surface area (Å²) in [6, 6.07) is 9.65. The van der Waals surface area contributed by atoms with E-state index in [4.69, 9.17) is 9.47 Å². The van der Waals surface area contributed by atoms with Crippen LogP contribution in [0.15, 0.2) is 39.5 Å². The Balaban J connectivity index is 1.64. The van der Waals surface area contributed by atoms with E-state index in [0.29, 0.717) is 23.7 Å². The van der Waals surface area contributed by atoms with Crippen LogP contribution >= 0.6 is 38.6 Å². The molecule has 3 aromatic rings. The first-order valence-electron chi connectivity index (χ1n) is 7.81. The van der Waals surface area contributed by atoms with Crippen LogP contribution in [0.5, 0.6) is 11.5 Å². The standard InChI is InChI=1S/C18H17BrN2O3S2/c1-23-14-5-3-11(9-15(14)24-2)18-21-13(10-25-18)17(22)20-8-7-12-4-6-16(19)26-12/h3-6,9-10H,7-8H2,1-2H3,(H,20,22). The van der Waals surface area contributed by atoms with Gasteiger partial charge < -0.3 is 14.8 Å². The highest BCUT2D eigenvalue weighted by Crippen LogP contribution is 2.33. The van der Waals surface area contributed by atoms with E-state index >= 15 is 0 Å². The SMILES string of the molecule is COc1ccc(-c2nc(C(=O)NCCc3ccc(Br)s3)cs2)cc1OC. The number of nitrogens with one attached hydrogen (secondary N) is 1. The summed E-state index contributed by atoms with van der Waals surface area (Å²) < 4.78 is 11.7. The van der Waals surface area contributed by atoms with Crippen LogP contribution in [0.1, 0.15) is 15.4 Å². The molecule has 0 unspecified atom stereocenters. The number of carbonyl (C=O) groups excluding carboxylic acids is 1. The van der Waals surface area contributed by atoms with E-state index in [1.807, 2.05) is 24.3 Å². The maximum absolute atomic E-state index is 12.3. The van der Waals surface area contributed by atoms with E-state index in [0.717, 1.165) is 20.8 Å². The van der Waals surface area contributed by atoms with Gasteiger partial charge in [-0.3, -0.25) is 4.79 Å². The lowest BCUT2D eigenvalue weighted by Gasteiger charge is -2.08. The summed E-state index contributed by atoms with van der Waals surface area (Å²) in [6.45, 7) is 0.578. The van der Waals surface area contributed by atoms with Crippen LogP contribution < -0.4 is 14.8 Å². The van der Waals surface area contributed by atoms with Gasteiger partial charge in [-0.1, -0.05) is 0 Å². The number of amides is 1. The minimum Gasteiger partial charge on any atom is -0.493 e. The van der Waals surface area contributed by atoms with Gasteiger partial charge in [-0.2, -0.15) is 0 Å². The van der Waals surface area contributed by atoms with Gasteiger partial charge >= 0.3 is 0 Å². The molecule has 1 amide bonds. The van der Waals surface area contributed by atoms with Crippen molar-refractivity contribution in [2.45, 2.75) is 6.42 Å². The second kappa shape index (κ2) is 8.66. The number of thiazole rings is 1. The predicted octanol–water partition coefficient (Wildman–Crippen LogP) is 4.62. The van der Waals surface area contributed by atoms with Crippen molar-refractivity contribution in [2.24, 2.45) is 0 Å². The van der Waals surface area contributed by atoms with E-state index in [2.05, 4.69) is 32.3 Å². The van der Waals surface area contributed by atoms with Gasteiger partial charge in [0.2, 0.25) is 0 Å². The van der Waals surface area contributed by atoms with Crippen molar-refractivity contribution in [3.05, 3.63) is 50.1 Å². The number of hydrogen-bond acceptors (Lipinski definition) is 6. The molecule has 0 spiro atoms. The Morgan fingerprint density at radius 3 is 2.69 bits per heavy atom. The molecule has 2 heterocycles. The van der Waals surface area contributed by atoms with Crippen molar-refractivity contribution >= 4 is 44.5 Å². The number of halogens is 1. The summed E-state index contributed by atoms with van der Waals surface area (Å²) in [6.07, 6.45) is 0.800. The zero-order valence-corrected chi connectivity index (χ0v) is 17.5. The van der Waals surface area contributed by atoms with Crippen LogP contribution in [0.3, 0.4) is 0 Å². The predicted molar refractivity (Wildman–Crippen MR) is 109 cm³/mol. The molecule has 2 aromatic heterocycles. The van der Waals surface area contributed by atoms with Gasteiger partial charge in [-0.15, -0.1) is 22.7 Å². The summed E-state index contributed by atoms with van der Waals surface area (Å²) >= 11 is 6.54. The molecule has 0 atom stereocenters. The Bertz CT molecular complexity index is 907. The van der Waals surface area contributed by atoms with Crippen LogP contribution in [-0.4, -0.2) is 31.7 Å². The van der Waals surface area contributed by atoms with Crippen LogP contribution in [0.2, 0.25) is 0 Å². The fourth-order valence-electron chi connectivity index (χ4n) is 2.36. The molecule has 0 fully saturated rings. The zero-order chi connectivity index (χ0) is 18.5. The fourth-order valence-corrected chi connectivity index (χ4v) is 4.64. The molecule has 0 radical (unpaired) electrons. The molecule has 8 heteroatoms. The number of aromatic nitrogens is 1. The highest BCUT2D eigenvalue weighted by molar-refractivity contribution is 9.11. The molecule has 3 rings (SSSR count). The van der Waals surface area contributed by atoms with Crippen LogP contribution in [-0.2, 0) is 6.42 Å². The fraction of sp³-hybridized carbons (Fsp3) is 0.222. The molecule has 0 saturated carbocycles. The normalized spacial score (nSPS) is 10.6. The molecule has 0 aliphatic heterocycles. The van der Waals surface area contributed by atoms with E-state index < -0.39 is 0 Å². The van der Waals surface area contributed by atoms with Gasteiger partial charge in [0.1, 0.15) is 10.7 Å². The number of methoxy groups -OCH3 is 2. The monoisotopic (exact) mass is 452 g/mol. The van der Waals surface area contributed by atoms with E-state index in [9.17, 15) is 4.79 Å². The Kier molecular flexibility index (Phi) is 6.29. The largest absolute Gasteiger partial charge is 0.493 e. The Labute approximate surface area is 168 Å². The molecular weight excluding hydrogens is 436 g/mol. The van der Waals surface area contributed by atoms with Gasteiger partial charge in [0, 0.05) is 22.4 Å². The number of carbonyl (C=O) groups is 1. The number of ether oxygens (including phenoxy) is 2. The van der Waals surface area contributed by atoms with Crippen molar-refractivity contribution in [3.8, 4) is 22.1 Å². The molecule has 1 aromatic carbocycles. The van der Waals surface area contributed by atoms with E-state index in [-0.39, 0.29) is 5.91 Å². The zero-order valence-electron chi connectivity index (χ0n) is 14.2. The molecular formula is C18H17BrN2O3S2. The highest BCUT2D eigenvalue weighted by atomic mass is 79.9. The van der Waals surface area contributed by atoms with Crippen molar-refractivity contribution < 1.29 is 14.3 Å². The molecule has 26 heavy (non-hydrogen) atoms. The summed E-state index contributed by atoms with van der Waals surface area (Å²) in [5, 5.41) is 5.44. The van der Waals surface area contributed by atoms with Gasteiger partial charge in [0.25, 0.3) is 5.91 Å². The average molecular weight is 453 g/mol. The molecule has 136 valence electrons. The summed E-state index contributed by atoms with van der Waals surface area (Å²) in [7, 11) is 3.19. The lowest BCUT2D eigenvalue weighted by molar-refractivity contribution is 0.0950. The highest BCUT2D eigenvalue weighted by Gasteiger charge is 2.13. The number of hydrogen-bond donors (Lipinski definition) is 1. The minimum absolute atomic E-state index is 0.163. The van der Waals surface area contributed by atoms with Crippen molar-refractivity contribution in [1.82, 2.24) is 10.3 Å². The lowest BCUT2D eigenvalue weighted by atomic mass is 10.2. The Morgan fingerprint density at radius 2 is 2.00 bits per heavy atom. The molecule has 1 N–H and O–H groups in total. The third-order valence-corrected chi connectivity index (χ3v) is 6.23. The molecule has 0 bridgehead atoms. The van der Waals surface area contributed by atoms with Crippen LogP contribution in [0, 0.1) is 0 Å². The second-order valence-electron chi connectivity index (χ2n) is 5.32. The molecule has 5 nitrogen and oxygen atoms in total. The number of nitrogens with zero attached hydrogens (tertiary/aromatic N) is 1. The maximum Gasteiger partial charge on any atom is 0.270 e. The maximum atomic E-state index is 12.3. The third-order valence-electron chi connectivity index (χ3n) is 3.65. The van der Waals surface area contributed by atoms with Crippen molar-refractivity contribution in [2.75, 3.05) is 20.8 Å². The van der Waals surface area contributed by atoms with Gasteiger partial charge in [0.15, 0.2) is 11.5 Å². The molecule has 0 aliphatic carbocycles. The average Bonchev–Trinajstić information content (AvgIpc) is 3.30. The van der Waals surface area contributed by atoms with Crippen LogP contribution in [0.25, 0.3) is 10.6 Å². The minimum atomic E-state index is -0.163. The van der Waals surface area contributed by atoms with E-state index in [1.54, 1.807) is 30.9 Å². The smallest absolute Gasteiger partial charge is 0.270 e. The van der Waals surface area contributed by atoms with E-state index in [1.165, 1.54) is 16.2 Å². The molecule has 0 saturated heterocycles.